The third-order valence-electron chi connectivity index (χ3n) is 6.41. The summed E-state index contributed by atoms with van der Waals surface area (Å²) < 4.78 is 55.0. The van der Waals surface area contributed by atoms with Gasteiger partial charge in [-0.1, -0.05) is 6.07 Å². The van der Waals surface area contributed by atoms with Gasteiger partial charge in [-0.15, -0.1) is 0 Å². The highest BCUT2D eigenvalue weighted by Crippen LogP contribution is 2.53. The predicted molar refractivity (Wildman–Crippen MR) is 116 cm³/mol. The second-order valence-electron chi connectivity index (χ2n) is 8.39. The number of anilines is 1. The van der Waals surface area contributed by atoms with Crippen LogP contribution in [0.25, 0.3) is 11.1 Å². The van der Waals surface area contributed by atoms with Gasteiger partial charge in [-0.25, -0.2) is 18.8 Å². The van der Waals surface area contributed by atoms with E-state index < -0.39 is 23.5 Å². The quantitative estimate of drug-likeness (QED) is 0.588. The number of fused-ring (bicyclic) bond motifs is 4. The smallest absolute Gasteiger partial charge is 0.283 e. The third-order valence-corrected chi connectivity index (χ3v) is 6.41. The predicted octanol–water partition coefficient (Wildman–Crippen LogP) is 4.27. The van der Waals surface area contributed by atoms with E-state index >= 15 is 4.39 Å². The molecule has 1 aromatic heterocycles. The standard InChI is InChI=1S/C24H19F3N4O2/c25-14-5-7-31(11-14)15-9-18-21(19(26)10-15)33-20-4-3-13(16-2-1-6-29-22(16)27)8-17(20)24(18)12-32-23(28)30-24/h1-4,6,8-10,14H,5,7,11-12H2,(H2,28,30)/t14-,24-/m0/s1. The number of aromatic nitrogens is 1. The van der Waals surface area contributed by atoms with Gasteiger partial charge in [0.1, 0.15) is 18.5 Å². The highest BCUT2D eigenvalue weighted by Gasteiger charge is 2.48. The minimum Gasteiger partial charge on any atom is -0.462 e. The van der Waals surface area contributed by atoms with E-state index in [-0.39, 0.29) is 24.9 Å². The number of alkyl halides is 1. The Morgan fingerprint density at radius 1 is 1.12 bits per heavy atom. The lowest BCUT2D eigenvalue weighted by molar-refractivity contribution is 0.262. The Bertz CT molecular complexity index is 1310. The van der Waals surface area contributed by atoms with Crippen molar-refractivity contribution in [3.63, 3.8) is 0 Å². The summed E-state index contributed by atoms with van der Waals surface area (Å²) in [5, 5.41) is 0. The average molecular weight is 452 g/mol. The first-order chi connectivity index (χ1) is 15.9. The van der Waals surface area contributed by atoms with E-state index in [0.717, 1.165) is 0 Å². The molecule has 0 aliphatic carbocycles. The van der Waals surface area contributed by atoms with Crippen LogP contribution in [-0.2, 0) is 10.3 Å². The average Bonchev–Trinajstić information content (AvgIpc) is 3.41. The molecule has 6 nitrogen and oxygen atoms in total. The number of nitrogens with zero attached hydrogens (tertiary/aromatic N) is 3. The third kappa shape index (κ3) is 3.02. The summed E-state index contributed by atoms with van der Waals surface area (Å²) in [6.45, 7) is 0.695. The summed E-state index contributed by atoms with van der Waals surface area (Å²) in [6.07, 6.45) is 0.797. The van der Waals surface area contributed by atoms with Gasteiger partial charge in [0.05, 0.1) is 0 Å². The van der Waals surface area contributed by atoms with Crippen molar-refractivity contribution >= 4 is 11.7 Å². The lowest BCUT2D eigenvalue weighted by Crippen LogP contribution is -2.32. The number of halogens is 3. The first kappa shape index (κ1) is 19.9. The van der Waals surface area contributed by atoms with Crippen molar-refractivity contribution in [3.8, 4) is 22.6 Å². The van der Waals surface area contributed by atoms with Gasteiger partial charge in [0, 0.05) is 47.7 Å². The van der Waals surface area contributed by atoms with Crippen LogP contribution in [0, 0.1) is 11.8 Å². The molecule has 0 radical (unpaired) electrons. The zero-order valence-corrected chi connectivity index (χ0v) is 17.4. The number of hydrogen-bond donors (Lipinski definition) is 1. The molecule has 168 valence electrons. The fraction of sp³-hybridized carbons (Fsp3) is 0.250. The molecule has 1 spiro atoms. The fourth-order valence-electron chi connectivity index (χ4n) is 4.80. The number of hydrogen-bond acceptors (Lipinski definition) is 6. The van der Waals surface area contributed by atoms with Crippen LogP contribution >= 0.6 is 0 Å². The molecule has 2 aromatic carbocycles. The number of aliphatic imine (C=N–C) groups is 1. The van der Waals surface area contributed by atoms with Crippen LogP contribution in [0.15, 0.2) is 53.7 Å². The maximum atomic E-state index is 15.3. The SMILES string of the molecule is NC1=N[C@@]2(CO1)c1cc(-c3cccnc3F)ccc1Oc1c(F)cc(N3CC[C@H](F)C3)cc12. The van der Waals surface area contributed by atoms with Gasteiger partial charge in [-0.05, 0) is 42.3 Å². The molecule has 2 atom stereocenters. The van der Waals surface area contributed by atoms with Crippen LogP contribution in [0.5, 0.6) is 11.5 Å². The van der Waals surface area contributed by atoms with Crippen LogP contribution in [0.3, 0.4) is 0 Å². The van der Waals surface area contributed by atoms with Gasteiger partial charge < -0.3 is 20.1 Å². The van der Waals surface area contributed by atoms with E-state index in [4.69, 9.17) is 15.2 Å². The highest BCUT2D eigenvalue weighted by atomic mass is 19.1. The molecule has 3 aromatic rings. The van der Waals surface area contributed by atoms with Crippen LogP contribution < -0.4 is 15.4 Å². The molecule has 1 saturated heterocycles. The fourth-order valence-corrected chi connectivity index (χ4v) is 4.80. The summed E-state index contributed by atoms with van der Waals surface area (Å²) in [5.41, 5.74) is 7.12. The summed E-state index contributed by atoms with van der Waals surface area (Å²) in [5.74, 6) is -0.811. The maximum Gasteiger partial charge on any atom is 0.283 e. The molecular weight excluding hydrogens is 433 g/mol. The molecule has 0 amide bonds. The van der Waals surface area contributed by atoms with E-state index in [9.17, 15) is 8.78 Å². The monoisotopic (exact) mass is 452 g/mol. The maximum absolute atomic E-state index is 15.3. The van der Waals surface area contributed by atoms with Gasteiger partial charge in [0.25, 0.3) is 6.02 Å². The van der Waals surface area contributed by atoms with Crippen molar-refractivity contribution in [2.45, 2.75) is 18.1 Å². The summed E-state index contributed by atoms with van der Waals surface area (Å²) >= 11 is 0. The first-order valence-corrected chi connectivity index (χ1v) is 10.6. The number of amidine groups is 1. The van der Waals surface area contributed by atoms with E-state index in [0.29, 0.717) is 46.7 Å². The largest absolute Gasteiger partial charge is 0.462 e. The van der Waals surface area contributed by atoms with Gasteiger partial charge in [-0.3, -0.25) is 0 Å². The second-order valence-corrected chi connectivity index (χ2v) is 8.39. The van der Waals surface area contributed by atoms with E-state index in [1.54, 1.807) is 41.3 Å². The molecule has 3 aliphatic heterocycles. The molecule has 0 saturated carbocycles. The molecule has 6 rings (SSSR count). The summed E-state index contributed by atoms with van der Waals surface area (Å²) in [6, 6.07) is 11.4. The molecule has 1 fully saturated rings. The zero-order valence-electron chi connectivity index (χ0n) is 17.4. The molecule has 33 heavy (non-hydrogen) atoms. The van der Waals surface area contributed by atoms with Crippen LogP contribution in [0.4, 0.5) is 18.9 Å². The topological polar surface area (TPSA) is 73.0 Å². The molecule has 9 heteroatoms. The van der Waals surface area contributed by atoms with Gasteiger partial charge in [-0.2, -0.15) is 4.39 Å². The lowest BCUT2D eigenvalue weighted by Gasteiger charge is -2.35. The Morgan fingerprint density at radius 2 is 2.00 bits per heavy atom. The molecule has 4 heterocycles. The lowest BCUT2D eigenvalue weighted by atomic mass is 9.80. The van der Waals surface area contributed by atoms with Crippen molar-refractivity contribution in [1.29, 1.82) is 0 Å². The normalized spacial score (nSPS) is 23.1. The number of ether oxygens (including phenoxy) is 2. The number of pyridine rings is 1. The molecule has 3 aliphatic rings. The second kappa shape index (κ2) is 7.13. The number of rotatable bonds is 2. The first-order valence-electron chi connectivity index (χ1n) is 10.6. The van der Waals surface area contributed by atoms with Crippen molar-refractivity contribution in [1.82, 2.24) is 4.98 Å². The van der Waals surface area contributed by atoms with E-state index in [1.807, 2.05) is 0 Å². The van der Waals surface area contributed by atoms with Crippen molar-refractivity contribution in [2.24, 2.45) is 10.7 Å². The molecule has 0 unspecified atom stereocenters. The van der Waals surface area contributed by atoms with E-state index in [2.05, 4.69) is 9.98 Å². The van der Waals surface area contributed by atoms with Crippen molar-refractivity contribution in [2.75, 3.05) is 24.6 Å². The highest BCUT2D eigenvalue weighted by molar-refractivity contribution is 5.78. The molecular formula is C24H19F3N4O2. The van der Waals surface area contributed by atoms with Gasteiger partial charge in [0.15, 0.2) is 17.1 Å². The summed E-state index contributed by atoms with van der Waals surface area (Å²) in [4.78, 5) is 10.1. The Balaban J connectivity index is 1.55. The van der Waals surface area contributed by atoms with Crippen LogP contribution in [0.1, 0.15) is 17.5 Å². The molecule has 0 bridgehead atoms. The Morgan fingerprint density at radius 3 is 2.73 bits per heavy atom. The number of nitrogens with two attached hydrogens (primary N) is 1. The zero-order chi connectivity index (χ0) is 22.7. The van der Waals surface area contributed by atoms with Crippen LogP contribution in [0.2, 0.25) is 0 Å². The minimum absolute atomic E-state index is 0.0182. The van der Waals surface area contributed by atoms with Gasteiger partial charge in [0.2, 0.25) is 5.95 Å². The summed E-state index contributed by atoms with van der Waals surface area (Å²) in [7, 11) is 0. The minimum atomic E-state index is -1.19. The Kier molecular flexibility index (Phi) is 4.30. The Hall–Kier alpha value is -3.75. The molecule has 2 N–H and O–H groups in total. The van der Waals surface area contributed by atoms with Crippen molar-refractivity contribution < 1.29 is 22.6 Å². The van der Waals surface area contributed by atoms with Crippen LogP contribution in [-0.4, -0.2) is 36.9 Å². The van der Waals surface area contributed by atoms with E-state index in [1.165, 1.54) is 12.3 Å². The van der Waals surface area contributed by atoms with Crippen molar-refractivity contribution in [3.05, 3.63) is 71.6 Å². The van der Waals surface area contributed by atoms with Gasteiger partial charge >= 0.3 is 0 Å². The Labute approximate surface area is 187 Å². The number of benzene rings is 2.